The molecule has 0 aromatic heterocycles. The zero-order valence-corrected chi connectivity index (χ0v) is 18.1. The van der Waals surface area contributed by atoms with E-state index in [0.717, 1.165) is 19.3 Å². The minimum Gasteiger partial charge on any atom is -0.508 e. The van der Waals surface area contributed by atoms with Gasteiger partial charge in [-0.1, -0.05) is 59.7 Å². The lowest BCUT2D eigenvalue weighted by molar-refractivity contribution is 0.0695. The molecule has 2 aromatic carbocycles. The van der Waals surface area contributed by atoms with E-state index in [1.807, 2.05) is 0 Å². The summed E-state index contributed by atoms with van der Waals surface area (Å²) in [4.78, 5) is 11.4. The highest BCUT2D eigenvalue weighted by molar-refractivity contribution is 5.89. The Kier molecular flexibility index (Phi) is 6.59. The molecule has 0 saturated heterocycles. The summed E-state index contributed by atoms with van der Waals surface area (Å²) < 4.78 is 0. The van der Waals surface area contributed by atoms with Gasteiger partial charge in [0.05, 0.1) is 5.56 Å². The van der Waals surface area contributed by atoms with Crippen LogP contribution >= 0.6 is 0 Å². The Morgan fingerprint density at radius 1 is 0.821 bits per heavy atom. The van der Waals surface area contributed by atoms with Crippen molar-refractivity contribution >= 4 is 5.97 Å². The number of benzene rings is 2. The lowest BCUT2D eigenvalue weighted by atomic mass is 9.77. The molecule has 0 fully saturated rings. The highest BCUT2D eigenvalue weighted by Gasteiger charge is 2.22. The average molecular weight is 383 g/mol. The predicted octanol–water partition coefficient (Wildman–Crippen LogP) is 6.25. The van der Waals surface area contributed by atoms with Crippen LogP contribution in [0.1, 0.15) is 87.0 Å². The van der Waals surface area contributed by atoms with Gasteiger partial charge in [0.2, 0.25) is 0 Å². The maximum Gasteiger partial charge on any atom is 0.335 e. The Labute approximate surface area is 169 Å². The molecule has 0 bridgehead atoms. The van der Waals surface area contributed by atoms with E-state index in [1.54, 1.807) is 6.07 Å². The van der Waals surface area contributed by atoms with Gasteiger partial charge in [0.1, 0.15) is 5.75 Å². The summed E-state index contributed by atoms with van der Waals surface area (Å²) in [5.74, 6) is -0.824. The third kappa shape index (κ3) is 5.60. The molecule has 0 radical (unpaired) electrons. The minimum absolute atomic E-state index is 0.0816. The first-order valence-electron chi connectivity index (χ1n) is 10.1. The molecule has 0 amide bonds. The molecule has 0 aliphatic carbocycles. The van der Waals surface area contributed by atoms with Gasteiger partial charge in [0.15, 0.2) is 0 Å². The molecule has 0 unspecified atom stereocenters. The molecule has 0 heterocycles. The van der Waals surface area contributed by atoms with E-state index in [2.05, 4.69) is 59.7 Å². The molecule has 28 heavy (non-hydrogen) atoms. The van der Waals surface area contributed by atoms with Crippen molar-refractivity contribution in [3.05, 3.63) is 64.2 Å². The number of aromatic hydroxyl groups is 1. The van der Waals surface area contributed by atoms with E-state index >= 15 is 0 Å². The Morgan fingerprint density at radius 3 is 1.96 bits per heavy atom. The van der Waals surface area contributed by atoms with Crippen LogP contribution in [0.15, 0.2) is 36.4 Å². The van der Waals surface area contributed by atoms with Crippen molar-refractivity contribution in [3.63, 3.8) is 0 Å². The van der Waals surface area contributed by atoms with Crippen molar-refractivity contribution in [1.29, 1.82) is 0 Å². The van der Waals surface area contributed by atoms with E-state index < -0.39 is 5.97 Å². The molecule has 2 N–H and O–H groups in total. The van der Waals surface area contributed by atoms with Crippen molar-refractivity contribution in [3.8, 4) is 5.75 Å². The van der Waals surface area contributed by atoms with Crippen molar-refractivity contribution in [2.45, 2.75) is 78.1 Å². The summed E-state index contributed by atoms with van der Waals surface area (Å²) in [6.07, 6.45) is 3.49. The summed E-state index contributed by atoms with van der Waals surface area (Å²) in [6, 6.07) is 11.3. The second kappa shape index (κ2) is 8.38. The third-order valence-electron chi connectivity index (χ3n) is 5.25. The van der Waals surface area contributed by atoms with Crippen LogP contribution in [-0.2, 0) is 23.7 Å². The number of aryl methyl sites for hydroxylation is 2. The SMILES string of the molecule is CC(C)(C)c1ccc(CCCCc2cc(O)ccc2C(=O)O)c(C(C)(C)C)c1. The quantitative estimate of drug-likeness (QED) is 0.580. The van der Waals surface area contributed by atoms with Crippen molar-refractivity contribution in [2.75, 3.05) is 0 Å². The molecular weight excluding hydrogens is 348 g/mol. The van der Waals surface area contributed by atoms with Crippen molar-refractivity contribution < 1.29 is 15.0 Å². The number of phenolic OH excluding ortho intramolecular Hbond substituents is 1. The van der Waals surface area contributed by atoms with E-state index in [1.165, 1.54) is 28.8 Å². The lowest BCUT2D eigenvalue weighted by Crippen LogP contribution is -2.18. The zero-order valence-electron chi connectivity index (χ0n) is 18.1. The highest BCUT2D eigenvalue weighted by atomic mass is 16.4. The van der Waals surface area contributed by atoms with Crippen LogP contribution in [-0.4, -0.2) is 16.2 Å². The second-order valence-corrected chi connectivity index (χ2v) is 9.73. The van der Waals surface area contributed by atoms with E-state index in [0.29, 0.717) is 12.0 Å². The van der Waals surface area contributed by atoms with Gasteiger partial charge in [-0.3, -0.25) is 0 Å². The molecule has 0 spiro atoms. The number of hydrogen-bond acceptors (Lipinski definition) is 2. The number of aromatic carboxylic acids is 1. The smallest absolute Gasteiger partial charge is 0.335 e. The molecule has 0 saturated carbocycles. The zero-order chi connectivity index (χ0) is 21.1. The summed E-state index contributed by atoms with van der Waals surface area (Å²) in [5, 5.41) is 19.0. The van der Waals surface area contributed by atoms with Gasteiger partial charge in [0.25, 0.3) is 0 Å². The first-order chi connectivity index (χ1) is 12.9. The molecule has 3 heteroatoms. The molecule has 2 aromatic rings. The number of carbonyl (C=O) groups is 1. The standard InChI is InChI=1S/C25H34O3/c1-24(2,3)19-12-11-17(22(16-19)25(4,5)6)9-7-8-10-18-15-20(26)13-14-21(18)23(27)28/h11-16,26H,7-10H2,1-6H3,(H,27,28). The summed E-state index contributed by atoms with van der Waals surface area (Å²) in [7, 11) is 0. The van der Waals surface area contributed by atoms with Crippen molar-refractivity contribution in [1.82, 2.24) is 0 Å². The Morgan fingerprint density at radius 2 is 1.43 bits per heavy atom. The topological polar surface area (TPSA) is 57.5 Å². The first-order valence-corrected chi connectivity index (χ1v) is 10.1. The summed E-state index contributed by atoms with van der Waals surface area (Å²) in [5.41, 5.74) is 5.30. The van der Waals surface area contributed by atoms with Crippen LogP contribution in [0.5, 0.6) is 5.75 Å². The minimum atomic E-state index is -0.942. The van der Waals surface area contributed by atoms with E-state index in [9.17, 15) is 15.0 Å². The normalized spacial score (nSPS) is 12.2. The molecule has 0 atom stereocenters. The van der Waals surface area contributed by atoms with Crippen molar-refractivity contribution in [2.24, 2.45) is 0 Å². The molecule has 0 aliphatic rings. The summed E-state index contributed by atoms with van der Waals surface area (Å²) in [6.45, 7) is 13.5. The first kappa shape index (κ1) is 22.0. The predicted molar refractivity (Wildman–Crippen MR) is 116 cm³/mol. The maximum absolute atomic E-state index is 11.4. The molecule has 152 valence electrons. The Hall–Kier alpha value is -2.29. The average Bonchev–Trinajstić information content (AvgIpc) is 2.56. The highest BCUT2D eigenvalue weighted by Crippen LogP contribution is 2.32. The van der Waals surface area contributed by atoms with Crippen LogP contribution < -0.4 is 0 Å². The lowest BCUT2D eigenvalue weighted by Gasteiger charge is -2.27. The van der Waals surface area contributed by atoms with Gasteiger partial charge < -0.3 is 10.2 Å². The maximum atomic E-state index is 11.4. The van der Waals surface area contributed by atoms with Gasteiger partial charge >= 0.3 is 5.97 Å². The van der Waals surface area contributed by atoms with Crippen LogP contribution in [0, 0.1) is 0 Å². The van der Waals surface area contributed by atoms with E-state index in [4.69, 9.17) is 0 Å². The van der Waals surface area contributed by atoms with Gasteiger partial charge in [-0.25, -0.2) is 4.79 Å². The molecular formula is C25H34O3. The van der Waals surface area contributed by atoms with Gasteiger partial charge in [0, 0.05) is 0 Å². The molecule has 2 rings (SSSR count). The summed E-state index contributed by atoms with van der Waals surface area (Å²) >= 11 is 0. The fourth-order valence-corrected chi connectivity index (χ4v) is 3.59. The van der Waals surface area contributed by atoms with Crippen LogP contribution in [0.25, 0.3) is 0 Å². The van der Waals surface area contributed by atoms with Crippen LogP contribution in [0.4, 0.5) is 0 Å². The largest absolute Gasteiger partial charge is 0.508 e. The fourth-order valence-electron chi connectivity index (χ4n) is 3.59. The Balaban J connectivity index is 2.11. The monoisotopic (exact) mass is 382 g/mol. The van der Waals surface area contributed by atoms with Gasteiger partial charge in [-0.2, -0.15) is 0 Å². The number of phenols is 1. The number of carboxylic acids is 1. The van der Waals surface area contributed by atoms with E-state index in [-0.39, 0.29) is 22.1 Å². The van der Waals surface area contributed by atoms with Gasteiger partial charge in [-0.05, 0) is 77.0 Å². The fraction of sp³-hybridized carbons (Fsp3) is 0.480. The number of hydrogen-bond donors (Lipinski definition) is 2. The number of rotatable bonds is 6. The van der Waals surface area contributed by atoms with Crippen LogP contribution in [0.2, 0.25) is 0 Å². The molecule has 3 nitrogen and oxygen atoms in total. The van der Waals surface area contributed by atoms with Gasteiger partial charge in [-0.15, -0.1) is 0 Å². The second-order valence-electron chi connectivity index (χ2n) is 9.73. The van der Waals surface area contributed by atoms with Crippen LogP contribution in [0.3, 0.4) is 0 Å². The number of carboxylic acid groups (broad SMARTS) is 1. The molecule has 0 aliphatic heterocycles. The Bertz CT molecular complexity index is 836. The number of unbranched alkanes of at least 4 members (excludes halogenated alkanes) is 1. The third-order valence-corrected chi connectivity index (χ3v) is 5.25.